The molecule has 0 aliphatic heterocycles. The maximum Gasteiger partial charge on any atom is 0.140 e. The highest BCUT2D eigenvalue weighted by molar-refractivity contribution is 7.94. The zero-order valence-electron chi connectivity index (χ0n) is 16.9. The van der Waals surface area contributed by atoms with E-state index in [2.05, 4.69) is 0 Å². The van der Waals surface area contributed by atoms with Crippen LogP contribution in [0.25, 0.3) is 21.5 Å². The first-order chi connectivity index (χ1) is 14.4. The molecule has 7 N–H and O–H groups in total. The number of nitrogens with two attached hydrogens (primary N) is 2. The maximum atomic E-state index is 9.48. The predicted octanol–water partition coefficient (Wildman–Crippen LogP) is 6.40. The van der Waals surface area contributed by atoms with Crippen molar-refractivity contribution in [3.8, 4) is 11.5 Å². The Kier molecular flexibility index (Phi) is 8.41. The summed E-state index contributed by atoms with van der Waals surface area (Å²) in [7, 11) is 0. The molecule has 4 rings (SSSR count). The van der Waals surface area contributed by atoms with Gasteiger partial charge < -0.3 is 26.2 Å². The van der Waals surface area contributed by atoms with Crippen LogP contribution in [0.5, 0.6) is 11.5 Å². The molecular formula is C24H26N2O3S. The molecule has 0 heterocycles. The topological polar surface area (TPSA) is 113 Å². The van der Waals surface area contributed by atoms with Crippen molar-refractivity contribution in [2.45, 2.75) is 18.7 Å². The number of rotatable bonds is 1. The van der Waals surface area contributed by atoms with Crippen molar-refractivity contribution < 1.29 is 14.8 Å². The zero-order valence-corrected chi connectivity index (χ0v) is 17.7. The predicted molar refractivity (Wildman–Crippen MR) is 129 cm³/mol. The number of benzene rings is 4. The molecule has 0 amide bonds. The molecule has 0 atom stereocenters. The van der Waals surface area contributed by atoms with Crippen LogP contribution in [0.15, 0.2) is 83.8 Å². The number of phenols is 2. The molecule has 0 bridgehead atoms. The van der Waals surface area contributed by atoms with E-state index in [0.717, 1.165) is 21.5 Å². The van der Waals surface area contributed by atoms with Gasteiger partial charge in [0, 0.05) is 27.7 Å². The van der Waals surface area contributed by atoms with E-state index in [1.165, 1.54) is 6.07 Å². The molecule has 0 fully saturated rings. The van der Waals surface area contributed by atoms with Gasteiger partial charge in [0.25, 0.3) is 0 Å². The van der Waals surface area contributed by atoms with Gasteiger partial charge in [-0.05, 0) is 36.8 Å². The fourth-order valence-corrected chi connectivity index (χ4v) is 3.15. The number of aromatic hydroxyl groups is 2. The summed E-state index contributed by atoms with van der Waals surface area (Å²) in [5, 5.41) is 22.3. The summed E-state index contributed by atoms with van der Waals surface area (Å²) in [6, 6.07) is 20.0. The molecule has 0 radical (unpaired) electrons. The van der Waals surface area contributed by atoms with Gasteiger partial charge in [0.1, 0.15) is 11.5 Å². The van der Waals surface area contributed by atoms with Gasteiger partial charge in [0.2, 0.25) is 0 Å². The lowest BCUT2D eigenvalue weighted by atomic mass is 10.1. The van der Waals surface area contributed by atoms with E-state index < -0.39 is 0 Å². The van der Waals surface area contributed by atoms with E-state index in [4.69, 9.17) is 16.0 Å². The summed E-state index contributed by atoms with van der Waals surface area (Å²) in [5.41, 5.74) is 12.2. The largest absolute Gasteiger partial charge is 0.506 e. The Labute approximate surface area is 180 Å². The molecule has 0 aromatic heterocycles. The van der Waals surface area contributed by atoms with Crippen LogP contribution < -0.4 is 11.5 Å². The van der Waals surface area contributed by atoms with Crippen LogP contribution in [0, 0.1) is 0 Å². The SMILES string of the molecule is C/C=C\C.Nc1c(O)cc(SO)c2ccccc12.Nc1c(O)ccc2ccccc12. The molecule has 0 saturated heterocycles. The smallest absolute Gasteiger partial charge is 0.140 e. The fourth-order valence-electron chi connectivity index (χ4n) is 2.71. The highest BCUT2D eigenvalue weighted by Crippen LogP contribution is 2.36. The lowest BCUT2D eigenvalue weighted by Gasteiger charge is -2.07. The second-order valence-corrected chi connectivity index (χ2v) is 6.95. The maximum absolute atomic E-state index is 9.48. The summed E-state index contributed by atoms with van der Waals surface area (Å²) in [6.45, 7) is 4.00. The van der Waals surface area contributed by atoms with E-state index >= 15 is 0 Å². The van der Waals surface area contributed by atoms with Crippen molar-refractivity contribution in [1.29, 1.82) is 0 Å². The van der Waals surface area contributed by atoms with Crippen LogP contribution in [0.4, 0.5) is 11.4 Å². The van der Waals surface area contributed by atoms with Crippen molar-refractivity contribution in [2.75, 3.05) is 11.5 Å². The standard InChI is InChI=1S/C10H9NO2S.C10H9NO.C4H8/c11-10-7-4-2-1-3-6(7)9(14-13)5-8(10)12;11-10-8-4-2-1-3-7(8)5-6-9(10)12;1-3-4-2/h1-5,12-13H,11H2;1-6,12H,11H2;3-4H,1-2H3/b;;4-3-. The fraction of sp³-hybridized carbons (Fsp3) is 0.0833. The molecule has 4 aromatic rings. The van der Waals surface area contributed by atoms with Gasteiger partial charge in [-0.15, -0.1) is 0 Å². The second-order valence-electron chi connectivity index (χ2n) is 6.33. The summed E-state index contributed by atoms with van der Waals surface area (Å²) in [5.74, 6) is 0.147. The monoisotopic (exact) mass is 422 g/mol. The summed E-state index contributed by atoms with van der Waals surface area (Å²) < 4.78 is 9.02. The number of anilines is 2. The van der Waals surface area contributed by atoms with Crippen LogP contribution in [0.3, 0.4) is 0 Å². The number of allylic oxidation sites excluding steroid dienone is 2. The molecule has 156 valence electrons. The van der Waals surface area contributed by atoms with Crippen molar-refractivity contribution in [2.24, 2.45) is 0 Å². The minimum atomic E-state index is 0.000231. The normalized spacial score (nSPS) is 10.4. The lowest BCUT2D eigenvalue weighted by Crippen LogP contribution is -1.89. The summed E-state index contributed by atoms with van der Waals surface area (Å²) in [6.07, 6.45) is 4.00. The Balaban J connectivity index is 0.000000183. The quantitative estimate of drug-likeness (QED) is 0.105. The van der Waals surface area contributed by atoms with Crippen LogP contribution in [0.2, 0.25) is 0 Å². The van der Waals surface area contributed by atoms with Crippen molar-refractivity contribution in [3.63, 3.8) is 0 Å². The molecule has 0 spiro atoms. The van der Waals surface area contributed by atoms with Crippen molar-refractivity contribution in [1.82, 2.24) is 0 Å². The average Bonchev–Trinajstić information content (AvgIpc) is 2.79. The summed E-state index contributed by atoms with van der Waals surface area (Å²) >= 11 is 0.606. The molecule has 5 nitrogen and oxygen atoms in total. The minimum absolute atomic E-state index is 0.000231. The summed E-state index contributed by atoms with van der Waals surface area (Å²) in [4.78, 5) is 0.604. The van der Waals surface area contributed by atoms with Gasteiger partial charge in [-0.3, -0.25) is 0 Å². The van der Waals surface area contributed by atoms with E-state index in [0.29, 0.717) is 28.3 Å². The molecule has 0 aliphatic rings. The first kappa shape index (κ1) is 22.9. The Morgan fingerprint density at radius 3 is 1.83 bits per heavy atom. The lowest BCUT2D eigenvalue weighted by molar-refractivity contribution is 0.477. The molecule has 30 heavy (non-hydrogen) atoms. The Morgan fingerprint density at radius 2 is 1.23 bits per heavy atom. The van der Waals surface area contributed by atoms with Gasteiger partial charge in [0.15, 0.2) is 0 Å². The Morgan fingerprint density at radius 1 is 0.700 bits per heavy atom. The highest BCUT2D eigenvalue weighted by Gasteiger charge is 2.08. The van der Waals surface area contributed by atoms with Gasteiger partial charge in [-0.2, -0.15) is 0 Å². The van der Waals surface area contributed by atoms with Crippen molar-refractivity contribution >= 4 is 45.0 Å². The molecule has 0 aliphatic carbocycles. The molecule has 0 saturated carbocycles. The van der Waals surface area contributed by atoms with Gasteiger partial charge >= 0.3 is 0 Å². The Bertz CT molecular complexity index is 1160. The van der Waals surface area contributed by atoms with E-state index in [9.17, 15) is 10.2 Å². The molecule has 0 unspecified atom stereocenters. The van der Waals surface area contributed by atoms with Crippen LogP contribution in [-0.4, -0.2) is 14.8 Å². The van der Waals surface area contributed by atoms with Crippen LogP contribution in [-0.2, 0) is 0 Å². The van der Waals surface area contributed by atoms with Gasteiger partial charge in [-0.25, -0.2) is 0 Å². The zero-order chi connectivity index (χ0) is 22.1. The first-order valence-electron chi connectivity index (χ1n) is 9.29. The number of nitrogen functional groups attached to an aromatic ring is 2. The number of hydrogen-bond donors (Lipinski definition) is 5. The number of hydrogen-bond acceptors (Lipinski definition) is 6. The third-order valence-electron chi connectivity index (χ3n) is 4.41. The van der Waals surface area contributed by atoms with E-state index in [-0.39, 0.29) is 11.5 Å². The van der Waals surface area contributed by atoms with Gasteiger partial charge in [0.05, 0.1) is 11.4 Å². The average molecular weight is 423 g/mol. The van der Waals surface area contributed by atoms with Crippen LogP contribution >= 0.6 is 12.0 Å². The number of fused-ring (bicyclic) bond motifs is 2. The Hall–Kier alpha value is -3.35. The molecule has 6 heteroatoms. The highest BCUT2D eigenvalue weighted by atomic mass is 32.2. The third kappa shape index (κ3) is 5.37. The number of phenolic OH excluding ortho intramolecular Hbond substituents is 2. The van der Waals surface area contributed by atoms with Gasteiger partial charge in [-0.1, -0.05) is 66.7 Å². The van der Waals surface area contributed by atoms with Crippen molar-refractivity contribution in [3.05, 3.63) is 78.9 Å². The minimum Gasteiger partial charge on any atom is -0.506 e. The molecule has 4 aromatic carbocycles. The first-order valence-corrected chi connectivity index (χ1v) is 10.1. The second kappa shape index (κ2) is 11.0. The van der Waals surface area contributed by atoms with E-state index in [1.807, 2.05) is 80.6 Å². The third-order valence-corrected chi connectivity index (χ3v) is 4.94. The molecular weight excluding hydrogens is 396 g/mol. The van der Waals surface area contributed by atoms with E-state index in [1.54, 1.807) is 6.07 Å². The van der Waals surface area contributed by atoms with Crippen LogP contribution in [0.1, 0.15) is 13.8 Å².